The first-order valence-electron chi connectivity index (χ1n) is 8.83. The van der Waals surface area contributed by atoms with Crippen molar-refractivity contribution < 1.29 is 9.53 Å². The van der Waals surface area contributed by atoms with Crippen LogP contribution in [0.4, 0.5) is 4.79 Å². The minimum absolute atomic E-state index is 0.177. The average molecular weight is 311 g/mol. The Morgan fingerprint density at radius 3 is 2.41 bits per heavy atom. The van der Waals surface area contributed by atoms with Gasteiger partial charge in [-0.1, -0.05) is 12.8 Å². The number of carbonyl (C=O) groups is 1. The quantitative estimate of drug-likeness (QED) is 0.840. The van der Waals surface area contributed by atoms with Gasteiger partial charge in [0, 0.05) is 25.2 Å². The highest BCUT2D eigenvalue weighted by molar-refractivity contribution is 5.68. The van der Waals surface area contributed by atoms with Gasteiger partial charge in [-0.05, 0) is 58.9 Å². The zero-order valence-electron chi connectivity index (χ0n) is 14.4. The summed E-state index contributed by atoms with van der Waals surface area (Å²) in [5, 5.41) is 3.81. The second-order valence-electron chi connectivity index (χ2n) is 7.80. The first-order chi connectivity index (χ1) is 10.4. The van der Waals surface area contributed by atoms with Crippen LogP contribution >= 0.6 is 0 Å². The summed E-state index contributed by atoms with van der Waals surface area (Å²) in [5.74, 6) is 0.623. The monoisotopic (exact) mass is 311 g/mol. The van der Waals surface area contributed by atoms with E-state index in [9.17, 15) is 4.79 Å². The number of likely N-dealkylation sites (tertiary alicyclic amines) is 1. The number of ether oxygens (including phenoxy) is 1. The molecular weight excluding hydrogens is 278 g/mol. The molecule has 1 heterocycles. The van der Waals surface area contributed by atoms with Crippen LogP contribution in [0.3, 0.4) is 0 Å². The first kappa shape index (κ1) is 17.5. The number of hydrogen-bond acceptors (Lipinski definition) is 4. The van der Waals surface area contributed by atoms with Crippen molar-refractivity contribution in [3.63, 3.8) is 0 Å². The molecule has 1 saturated carbocycles. The van der Waals surface area contributed by atoms with Gasteiger partial charge in [0.05, 0.1) is 0 Å². The molecule has 2 aliphatic rings. The molecule has 1 aliphatic heterocycles. The molecule has 0 aromatic heterocycles. The van der Waals surface area contributed by atoms with Crippen molar-refractivity contribution in [3.8, 4) is 0 Å². The van der Waals surface area contributed by atoms with Crippen LogP contribution in [0.2, 0.25) is 0 Å². The summed E-state index contributed by atoms with van der Waals surface area (Å²) >= 11 is 0. The second kappa shape index (κ2) is 7.64. The molecule has 128 valence electrons. The van der Waals surface area contributed by atoms with Crippen molar-refractivity contribution >= 4 is 6.09 Å². The molecule has 5 heteroatoms. The molecule has 0 radical (unpaired) electrons. The molecular formula is C17H33N3O2. The summed E-state index contributed by atoms with van der Waals surface area (Å²) < 4.78 is 5.45. The van der Waals surface area contributed by atoms with E-state index >= 15 is 0 Å². The van der Waals surface area contributed by atoms with E-state index in [2.05, 4.69) is 5.32 Å². The van der Waals surface area contributed by atoms with Crippen LogP contribution in [-0.2, 0) is 4.74 Å². The fourth-order valence-corrected chi connectivity index (χ4v) is 3.57. The Hall–Kier alpha value is -0.810. The van der Waals surface area contributed by atoms with Gasteiger partial charge in [0.2, 0.25) is 0 Å². The summed E-state index contributed by atoms with van der Waals surface area (Å²) in [6.45, 7) is 8.09. The summed E-state index contributed by atoms with van der Waals surface area (Å²) in [6, 6.07) is 1.08. The maximum absolute atomic E-state index is 12.1. The van der Waals surface area contributed by atoms with Crippen molar-refractivity contribution in [2.45, 2.75) is 77.0 Å². The Morgan fingerprint density at radius 2 is 1.82 bits per heavy atom. The Bertz CT molecular complexity index is 359. The Labute approximate surface area is 134 Å². The molecule has 1 amide bonds. The van der Waals surface area contributed by atoms with E-state index in [0.717, 1.165) is 32.5 Å². The third-order valence-corrected chi connectivity index (χ3v) is 4.81. The molecule has 2 rings (SSSR count). The fourth-order valence-electron chi connectivity index (χ4n) is 3.57. The number of nitrogens with zero attached hydrogens (tertiary/aromatic N) is 1. The van der Waals surface area contributed by atoms with E-state index in [1.165, 1.54) is 25.7 Å². The normalized spacial score (nSPS) is 27.7. The van der Waals surface area contributed by atoms with Crippen LogP contribution in [0.5, 0.6) is 0 Å². The number of nitrogens with two attached hydrogens (primary N) is 1. The van der Waals surface area contributed by atoms with Crippen LogP contribution < -0.4 is 11.1 Å². The Balaban J connectivity index is 1.76. The fraction of sp³-hybridized carbons (Fsp3) is 0.941. The van der Waals surface area contributed by atoms with E-state index in [-0.39, 0.29) is 6.09 Å². The van der Waals surface area contributed by atoms with Crippen LogP contribution in [-0.4, -0.2) is 48.3 Å². The minimum Gasteiger partial charge on any atom is -0.444 e. The standard InChI is InChI=1S/C17H33N3O2/c1-17(2,3)22-16(21)20-10-8-14(9-11-20)19-15-7-5-4-6-13(15)12-18/h13-15,19H,4-12,18H2,1-3H3. The number of piperidine rings is 1. The molecule has 1 aliphatic carbocycles. The lowest BCUT2D eigenvalue weighted by Gasteiger charge is -2.38. The second-order valence-corrected chi connectivity index (χ2v) is 7.80. The largest absolute Gasteiger partial charge is 0.444 e. The molecule has 0 aromatic carbocycles. The Kier molecular flexibility index (Phi) is 6.09. The van der Waals surface area contributed by atoms with E-state index in [0.29, 0.717) is 18.0 Å². The number of nitrogens with one attached hydrogen (secondary N) is 1. The highest BCUT2D eigenvalue weighted by atomic mass is 16.6. The SMILES string of the molecule is CC(C)(C)OC(=O)N1CCC(NC2CCCCC2CN)CC1. The van der Waals surface area contributed by atoms with Crippen molar-refractivity contribution in [3.05, 3.63) is 0 Å². The van der Waals surface area contributed by atoms with E-state index in [1.807, 2.05) is 25.7 Å². The van der Waals surface area contributed by atoms with Crippen LogP contribution in [0, 0.1) is 5.92 Å². The predicted octanol–water partition coefficient (Wildman–Crippen LogP) is 2.49. The lowest BCUT2D eigenvalue weighted by molar-refractivity contribution is 0.0192. The number of amides is 1. The van der Waals surface area contributed by atoms with Crippen molar-refractivity contribution in [1.29, 1.82) is 0 Å². The molecule has 3 N–H and O–H groups in total. The summed E-state index contributed by atoms with van der Waals surface area (Å²) in [4.78, 5) is 13.9. The molecule has 0 spiro atoms. The van der Waals surface area contributed by atoms with Crippen molar-refractivity contribution in [2.75, 3.05) is 19.6 Å². The topological polar surface area (TPSA) is 67.6 Å². The van der Waals surface area contributed by atoms with Crippen molar-refractivity contribution in [1.82, 2.24) is 10.2 Å². The molecule has 2 fully saturated rings. The minimum atomic E-state index is -0.414. The number of hydrogen-bond donors (Lipinski definition) is 2. The number of rotatable bonds is 3. The van der Waals surface area contributed by atoms with Gasteiger partial charge in [-0.25, -0.2) is 4.79 Å². The average Bonchev–Trinajstić information content (AvgIpc) is 2.47. The zero-order chi connectivity index (χ0) is 16.2. The molecule has 22 heavy (non-hydrogen) atoms. The van der Waals surface area contributed by atoms with Gasteiger partial charge in [0.1, 0.15) is 5.60 Å². The van der Waals surface area contributed by atoms with E-state index in [1.54, 1.807) is 0 Å². The van der Waals surface area contributed by atoms with Gasteiger partial charge in [0.25, 0.3) is 0 Å². The smallest absolute Gasteiger partial charge is 0.410 e. The lowest BCUT2D eigenvalue weighted by atomic mass is 9.83. The van der Waals surface area contributed by atoms with Gasteiger partial charge in [-0.15, -0.1) is 0 Å². The molecule has 2 atom stereocenters. The summed E-state index contributed by atoms with van der Waals surface area (Å²) in [7, 11) is 0. The van der Waals surface area contributed by atoms with Crippen molar-refractivity contribution in [2.24, 2.45) is 11.7 Å². The molecule has 2 unspecified atom stereocenters. The van der Waals surface area contributed by atoms with Gasteiger partial charge < -0.3 is 20.7 Å². The highest BCUT2D eigenvalue weighted by Gasteiger charge is 2.30. The summed E-state index contributed by atoms with van der Waals surface area (Å²) in [6.07, 6.45) is 6.96. The third-order valence-electron chi connectivity index (χ3n) is 4.81. The van der Waals surface area contributed by atoms with Gasteiger partial charge in [-0.3, -0.25) is 0 Å². The summed E-state index contributed by atoms with van der Waals surface area (Å²) in [5.41, 5.74) is 5.50. The zero-order valence-corrected chi connectivity index (χ0v) is 14.4. The molecule has 5 nitrogen and oxygen atoms in total. The van der Waals surface area contributed by atoms with Gasteiger partial charge in [0.15, 0.2) is 0 Å². The van der Waals surface area contributed by atoms with E-state index in [4.69, 9.17) is 10.5 Å². The maximum atomic E-state index is 12.1. The molecule has 0 aromatic rings. The molecule has 1 saturated heterocycles. The molecule has 0 bridgehead atoms. The van der Waals surface area contributed by atoms with Crippen LogP contribution in [0.15, 0.2) is 0 Å². The van der Waals surface area contributed by atoms with Crippen LogP contribution in [0.25, 0.3) is 0 Å². The first-order valence-corrected chi connectivity index (χ1v) is 8.83. The Morgan fingerprint density at radius 1 is 1.18 bits per heavy atom. The van der Waals surface area contributed by atoms with Gasteiger partial charge >= 0.3 is 6.09 Å². The highest BCUT2D eigenvalue weighted by Crippen LogP contribution is 2.25. The van der Waals surface area contributed by atoms with Gasteiger partial charge in [-0.2, -0.15) is 0 Å². The third kappa shape index (κ3) is 5.13. The maximum Gasteiger partial charge on any atom is 0.410 e. The van der Waals surface area contributed by atoms with E-state index < -0.39 is 5.60 Å². The van der Waals surface area contributed by atoms with Crippen LogP contribution in [0.1, 0.15) is 59.3 Å². The number of carbonyl (C=O) groups excluding carboxylic acids is 1. The lowest BCUT2D eigenvalue weighted by Crippen LogP contribution is -2.51. The predicted molar refractivity (Wildman–Crippen MR) is 88.8 cm³/mol.